The van der Waals surface area contributed by atoms with E-state index in [2.05, 4.69) is 79.9 Å². The van der Waals surface area contributed by atoms with Crippen LogP contribution in [0.15, 0.2) is 60.8 Å². The Kier molecular flexibility index (Phi) is 64.7. The van der Waals surface area contributed by atoms with Crippen molar-refractivity contribution in [3.8, 4) is 0 Å². The minimum Gasteiger partial charge on any atom is -0.394 e. The number of carbonyl (C=O) groups excluding carboxylic acids is 1. The average molecular weight is 1050 g/mol. The van der Waals surface area contributed by atoms with Gasteiger partial charge in [0.2, 0.25) is 5.91 Å². The molecule has 1 amide bonds. The van der Waals surface area contributed by atoms with E-state index < -0.39 is 12.1 Å². The number of amides is 1. The summed E-state index contributed by atoms with van der Waals surface area (Å²) < 4.78 is 0. The maximum absolute atomic E-state index is 12.6. The van der Waals surface area contributed by atoms with Crippen molar-refractivity contribution in [2.75, 3.05) is 6.61 Å². The molecular formula is C71H133NO3. The minimum atomic E-state index is -0.662. The Morgan fingerprint density at radius 2 is 0.587 bits per heavy atom. The van der Waals surface area contributed by atoms with Crippen LogP contribution >= 0.6 is 0 Å². The van der Waals surface area contributed by atoms with Crippen molar-refractivity contribution in [1.82, 2.24) is 5.32 Å². The molecule has 0 fully saturated rings. The smallest absolute Gasteiger partial charge is 0.220 e. The van der Waals surface area contributed by atoms with Crippen molar-refractivity contribution in [2.24, 2.45) is 0 Å². The predicted molar refractivity (Wildman–Crippen MR) is 336 cm³/mol. The molecule has 0 saturated carbocycles. The lowest BCUT2D eigenvalue weighted by Crippen LogP contribution is -2.45. The van der Waals surface area contributed by atoms with E-state index in [1.54, 1.807) is 0 Å². The number of nitrogens with one attached hydrogen (secondary N) is 1. The van der Waals surface area contributed by atoms with Crippen LogP contribution in [0, 0.1) is 0 Å². The second-order valence-corrected chi connectivity index (χ2v) is 23.2. The summed E-state index contributed by atoms with van der Waals surface area (Å²) in [5.41, 5.74) is 0. The fourth-order valence-corrected chi connectivity index (χ4v) is 10.7. The Morgan fingerprint density at radius 3 is 0.880 bits per heavy atom. The van der Waals surface area contributed by atoms with Crippen LogP contribution in [-0.2, 0) is 4.79 Å². The maximum atomic E-state index is 12.6. The van der Waals surface area contributed by atoms with Crippen LogP contribution in [-0.4, -0.2) is 34.9 Å². The number of unbranched alkanes of at least 4 members (excludes halogenated alkanes) is 46. The van der Waals surface area contributed by atoms with Crippen LogP contribution in [0.25, 0.3) is 0 Å². The Balaban J connectivity index is 3.41. The van der Waals surface area contributed by atoms with Crippen LogP contribution in [0.1, 0.15) is 367 Å². The van der Waals surface area contributed by atoms with Gasteiger partial charge >= 0.3 is 0 Å². The van der Waals surface area contributed by atoms with Crippen LogP contribution < -0.4 is 5.32 Å². The Bertz CT molecular complexity index is 1230. The summed E-state index contributed by atoms with van der Waals surface area (Å²) in [6.07, 6.45) is 94.1. The molecule has 0 heterocycles. The van der Waals surface area contributed by atoms with Gasteiger partial charge in [0, 0.05) is 6.42 Å². The van der Waals surface area contributed by atoms with E-state index in [1.165, 1.54) is 283 Å². The molecule has 2 unspecified atom stereocenters. The first-order chi connectivity index (χ1) is 37.2. The fourth-order valence-electron chi connectivity index (χ4n) is 10.7. The fraction of sp³-hybridized carbons (Fsp3) is 0.845. The van der Waals surface area contributed by atoms with E-state index in [0.717, 1.165) is 57.8 Å². The molecule has 0 rings (SSSR count). The van der Waals surface area contributed by atoms with Crippen LogP contribution in [0.5, 0.6) is 0 Å². The largest absolute Gasteiger partial charge is 0.394 e. The summed E-state index contributed by atoms with van der Waals surface area (Å²) in [6, 6.07) is -0.539. The molecule has 0 aliphatic carbocycles. The molecule has 0 aliphatic rings. The number of aliphatic hydroxyl groups is 2. The molecule has 0 bridgehead atoms. The number of hydrogen-bond donors (Lipinski definition) is 3. The van der Waals surface area contributed by atoms with Gasteiger partial charge in [0.15, 0.2) is 0 Å². The van der Waals surface area contributed by atoms with Gasteiger partial charge in [-0.3, -0.25) is 4.79 Å². The average Bonchev–Trinajstić information content (AvgIpc) is 3.41. The van der Waals surface area contributed by atoms with E-state index >= 15 is 0 Å². The van der Waals surface area contributed by atoms with Crippen molar-refractivity contribution in [1.29, 1.82) is 0 Å². The highest BCUT2D eigenvalue weighted by molar-refractivity contribution is 5.76. The summed E-state index contributed by atoms with van der Waals surface area (Å²) >= 11 is 0. The molecule has 3 N–H and O–H groups in total. The summed E-state index contributed by atoms with van der Waals surface area (Å²) in [5.74, 6) is -0.0260. The third kappa shape index (κ3) is 62.8. The van der Waals surface area contributed by atoms with Crippen molar-refractivity contribution < 1.29 is 15.0 Å². The zero-order valence-corrected chi connectivity index (χ0v) is 50.8. The van der Waals surface area contributed by atoms with Gasteiger partial charge in [-0.2, -0.15) is 0 Å². The van der Waals surface area contributed by atoms with E-state index in [1.807, 2.05) is 0 Å². The van der Waals surface area contributed by atoms with Gasteiger partial charge in [-0.05, 0) is 57.8 Å². The lowest BCUT2D eigenvalue weighted by Gasteiger charge is -2.22. The van der Waals surface area contributed by atoms with Gasteiger partial charge in [0.25, 0.3) is 0 Å². The van der Waals surface area contributed by atoms with Crippen molar-refractivity contribution in [3.05, 3.63) is 60.8 Å². The van der Waals surface area contributed by atoms with Crippen molar-refractivity contribution >= 4 is 5.91 Å². The highest BCUT2D eigenvalue weighted by atomic mass is 16.3. The molecular weight excluding hydrogens is 915 g/mol. The molecule has 0 aromatic heterocycles. The van der Waals surface area contributed by atoms with E-state index in [4.69, 9.17) is 0 Å². The highest BCUT2D eigenvalue weighted by Crippen LogP contribution is 2.19. The van der Waals surface area contributed by atoms with Gasteiger partial charge in [0.05, 0.1) is 18.8 Å². The lowest BCUT2D eigenvalue weighted by molar-refractivity contribution is -0.123. The zero-order chi connectivity index (χ0) is 54.1. The van der Waals surface area contributed by atoms with Crippen LogP contribution in [0.4, 0.5) is 0 Å². The Labute approximate surface area is 470 Å². The summed E-state index contributed by atoms with van der Waals surface area (Å²) in [6.45, 7) is 4.28. The number of carbonyl (C=O) groups is 1. The number of hydrogen-bond acceptors (Lipinski definition) is 3. The highest BCUT2D eigenvalue weighted by Gasteiger charge is 2.20. The molecule has 4 heteroatoms. The summed E-state index contributed by atoms with van der Waals surface area (Å²) in [4.78, 5) is 12.6. The molecule has 0 saturated heterocycles. The molecule has 0 aromatic carbocycles. The first-order valence-electron chi connectivity index (χ1n) is 34.0. The first-order valence-corrected chi connectivity index (χ1v) is 34.0. The third-order valence-corrected chi connectivity index (χ3v) is 15.8. The molecule has 0 aromatic rings. The van der Waals surface area contributed by atoms with Gasteiger partial charge in [0.1, 0.15) is 0 Å². The van der Waals surface area contributed by atoms with Crippen LogP contribution in [0.3, 0.4) is 0 Å². The standard InChI is InChI=1S/C71H133NO3/c1-3-5-7-9-11-13-15-17-19-21-23-25-27-29-31-33-35-36-37-39-41-43-45-47-49-51-53-55-57-59-61-63-65-67-71(75)72-69(68-73)70(74)66-64-62-60-58-56-54-52-50-48-46-44-42-40-38-34-32-30-28-26-24-22-20-18-16-14-12-10-8-6-4-2/h5,7,11,13,17,19,23,25,29,31,69-70,73-74H,3-4,6,8-10,12,14-16,18,20-22,24,26-28,30,32-68H2,1-2H3,(H,72,75)/b7-5-,13-11-,19-17-,25-23-,31-29-. The van der Waals surface area contributed by atoms with Gasteiger partial charge in [-0.15, -0.1) is 0 Å². The topological polar surface area (TPSA) is 69.6 Å². The normalized spacial score (nSPS) is 13.1. The second kappa shape index (κ2) is 66.4. The van der Waals surface area contributed by atoms with Crippen molar-refractivity contribution in [3.63, 3.8) is 0 Å². The van der Waals surface area contributed by atoms with E-state index in [9.17, 15) is 15.0 Å². The SMILES string of the molecule is CC/C=C\C/C=C\C/C=C\C/C=C\C/C=C\CCCCCCCCCCCCCCCCCCCC(=O)NC(CO)C(O)CCCCCCCCCCCCCCCCCCCCCCCCCCCCCCCC. The first kappa shape index (κ1) is 73.1. The van der Waals surface area contributed by atoms with Gasteiger partial charge < -0.3 is 15.5 Å². The molecule has 0 aliphatic heterocycles. The van der Waals surface area contributed by atoms with Gasteiger partial charge in [-0.1, -0.05) is 364 Å². The van der Waals surface area contributed by atoms with Crippen molar-refractivity contribution in [2.45, 2.75) is 379 Å². The summed E-state index contributed by atoms with van der Waals surface area (Å²) in [7, 11) is 0. The number of allylic oxidation sites excluding steroid dienone is 10. The molecule has 4 nitrogen and oxygen atoms in total. The lowest BCUT2D eigenvalue weighted by atomic mass is 10.0. The third-order valence-electron chi connectivity index (χ3n) is 15.8. The summed E-state index contributed by atoms with van der Waals surface area (Å²) in [5, 5.41) is 23.5. The van der Waals surface area contributed by atoms with E-state index in [-0.39, 0.29) is 12.5 Å². The Morgan fingerprint density at radius 1 is 0.333 bits per heavy atom. The number of aliphatic hydroxyl groups excluding tert-OH is 2. The molecule has 0 spiro atoms. The Hall–Kier alpha value is -1.91. The maximum Gasteiger partial charge on any atom is 0.220 e. The molecule has 2 atom stereocenters. The van der Waals surface area contributed by atoms with Gasteiger partial charge in [-0.25, -0.2) is 0 Å². The number of rotatable bonds is 63. The quantitative estimate of drug-likeness (QED) is 0.0420. The van der Waals surface area contributed by atoms with E-state index in [0.29, 0.717) is 12.8 Å². The monoisotopic (exact) mass is 1050 g/mol. The molecule has 440 valence electrons. The molecule has 0 radical (unpaired) electrons. The zero-order valence-electron chi connectivity index (χ0n) is 50.8. The van der Waals surface area contributed by atoms with Crippen LogP contribution in [0.2, 0.25) is 0 Å². The predicted octanol–water partition coefficient (Wildman–Crippen LogP) is 23.1. The second-order valence-electron chi connectivity index (χ2n) is 23.2. The molecule has 75 heavy (non-hydrogen) atoms. The minimum absolute atomic E-state index is 0.0260.